The first kappa shape index (κ1) is 23.7. The van der Waals surface area contributed by atoms with E-state index in [0.29, 0.717) is 17.0 Å². The predicted molar refractivity (Wildman–Crippen MR) is 125 cm³/mol. The van der Waals surface area contributed by atoms with Crippen LogP contribution in [0.5, 0.6) is 0 Å². The molecule has 2 aromatic heterocycles. The van der Waals surface area contributed by atoms with Gasteiger partial charge in [-0.25, -0.2) is 9.07 Å². The van der Waals surface area contributed by atoms with Gasteiger partial charge in [0, 0.05) is 23.5 Å². The molecule has 0 radical (unpaired) electrons. The highest BCUT2D eigenvalue weighted by Crippen LogP contribution is 2.35. The molecule has 5 rings (SSSR count). The molecule has 1 aliphatic rings. The molecule has 0 saturated carbocycles. The number of anilines is 1. The summed E-state index contributed by atoms with van der Waals surface area (Å²) in [7, 11) is 0. The number of aromatic nitrogens is 4. The zero-order chi connectivity index (χ0) is 25.3. The van der Waals surface area contributed by atoms with Crippen LogP contribution in [0.3, 0.4) is 0 Å². The molecule has 6 nitrogen and oxygen atoms in total. The lowest BCUT2D eigenvalue weighted by molar-refractivity contribution is -0.134. The summed E-state index contributed by atoms with van der Waals surface area (Å²) >= 11 is 0. The van der Waals surface area contributed by atoms with Crippen LogP contribution in [0.4, 0.5) is 23.2 Å². The van der Waals surface area contributed by atoms with E-state index in [0.717, 1.165) is 16.7 Å². The van der Waals surface area contributed by atoms with Gasteiger partial charge >= 0.3 is 6.18 Å². The molecule has 1 aliphatic heterocycles. The highest BCUT2D eigenvalue weighted by atomic mass is 19.4. The number of rotatable bonds is 5. The molecule has 4 aromatic rings. The number of halogens is 4. The fourth-order valence-corrected chi connectivity index (χ4v) is 4.43. The first-order chi connectivity index (χ1) is 17.3. The monoisotopic (exact) mass is 495 g/mol. The van der Waals surface area contributed by atoms with Gasteiger partial charge < -0.3 is 4.90 Å². The number of benzene rings is 2. The summed E-state index contributed by atoms with van der Waals surface area (Å²) in [4.78, 5) is 18.0. The highest BCUT2D eigenvalue weighted by molar-refractivity contribution is 5.97. The third-order valence-corrected chi connectivity index (χ3v) is 6.15. The minimum Gasteiger partial charge on any atom is -0.301 e. The molecule has 36 heavy (non-hydrogen) atoms. The number of carbonyl (C=O) groups excluding carboxylic acids is 1. The minimum atomic E-state index is -4.65. The van der Waals surface area contributed by atoms with Crippen LogP contribution in [0.2, 0.25) is 0 Å². The second-order valence-corrected chi connectivity index (χ2v) is 8.65. The smallest absolute Gasteiger partial charge is 0.301 e. The molecule has 2 aromatic carbocycles. The molecule has 184 valence electrons. The van der Waals surface area contributed by atoms with E-state index in [9.17, 15) is 22.4 Å². The van der Waals surface area contributed by atoms with Crippen molar-refractivity contribution in [3.05, 3.63) is 95.7 Å². The lowest BCUT2D eigenvalue weighted by Crippen LogP contribution is -2.42. The maximum absolute atomic E-state index is 14.5. The zero-order valence-corrected chi connectivity index (χ0v) is 19.0. The van der Waals surface area contributed by atoms with Crippen molar-refractivity contribution in [2.45, 2.75) is 31.5 Å². The number of pyridine rings is 1. The van der Waals surface area contributed by atoms with Crippen LogP contribution in [0.25, 0.3) is 11.3 Å². The molecule has 0 N–H and O–H groups in total. The molecular weight excluding hydrogens is 474 g/mol. The lowest BCUT2D eigenvalue weighted by Gasteiger charge is -2.26. The van der Waals surface area contributed by atoms with E-state index >= 15 is 0 Å². The van der Waals surface area contributed by atoms with Gasteiger partial charge in [0.05, 0.1) is 11.9 Å². The molecule has 0 fully saturated rings. The van der Waals surface area contributed by atoms with Gasteiger partial charge in [-0.15, -0.1) is 5.10 Å². The Morgan fingerprint density at radius 3 is 2.53 bits per heavy atom. The van der Waals surface area contributed by atoms with Crippen molar-refractivity contribution in [2.75, 3.05) is 11.4 Å². The number of amides is 1. The normalized spacial score (nSPS) is 16.1. The third-order valence-electron chi connectivity index (χ3n) is 6.15. The van der Waals surface area contributed by atoms with Gasteiger partial charge in [-0.05, 0) is 48.6 Å². The number of fused-ring (bicyclic) bond motifs is 1. The zero-order valence-electron chi connectivity index (χ0n) is 19.0. The molecule has 0 aliphatic carbocycles. The molecule has 10 heteroatoms. The Labute approximate surface area is 204 Å². The van der Waals surface area contributed by atoms with Crippen LogP contribution in [0, 0.1) is 5.82 Å². The minimum absolute atomic E-state index is 0.0654. The standard InChI is InChI=1S/C26H21F4N5O/c27-21-4-1-5-23-20(21)10-11-24(25(36)34(23)16-26(28,29)30)35-15-22(32-33-35)19-8-6-17(7-9-19)13-18-3-2-12-31-14-18/h1-9,12,14-15,24H,10-11,13,16H2. The van der Waals surface area contributed by atoms with Crippen molar-refractivity contribution in [3.8, 4) is 11.3 Å². The SMILES string of the molecule is O=C1C(n2cc(-c3ccc(Cc4cccnc4)cc3)nn2)CCc2c(F)cccc2N1CC(F)(F)F. The quantitative estimate of drug-likeness (QED) is 0.359. The fourth-order valence-electron chi connectivity index (χ4n) is 4.43. The fraction of sp³-hybridized carbons (Fsp3) is 0.231. The Morgan fingerprint density at radius 2 is 1.81 bits per heavy atom. The van der Waals surface area contributed by atoms with Gasteiger partial charge in [-0.1, -0.05) is 41.6 Å². The number of hydrogen-bond donors (Lipinski definition) is 0. The summed E-state index contributed by atoms with van der Waals surface area (Å²) < 4.78 is 55.7. The van der Waals surface area contributed by atoms with Crippen molar-refractivity contribution in [1.29, 1.82) is 0 Å². The van der Waals surface area contributed by atoms with Gasteiger partial charge in [0.25, 0.3) is 5.91 Å². The Bertz CT molecular complexity index is 1370. The summed E-state index contributed by atoms with van der Waals surface area (Å²) in [5.41, 5.74) is 3.39. The Balaban J connectivity index is 1.40. The second-order valence-electron chi connectivity index (χ2n) is 8.65. The van der Waals surface area contributed by atoms with Crippen LogP contribution in [-0.4, -0.2) is 38.6 Å². The Kier molecular flexibility index (Phi) is 6.26. The summed E-state index contributed by atoms with van der Waals surface area (Å²) in [6.07, 6.45) is 1.29. The summed E-state index contributed by atoms with van der Waals surface area (Å²) in [6, 6.07) is 14.3. The molecular formula is C26H21F4N5O. The molecule has 1 amide bonds. The lowest BCUT2D eigenvalue weighted by atomic mass is 10.0. The van der Waals surface area contributed by atoms with Gasteiger partial charge in [0.2, 0.25) is 0 Å². The van der Waals surface area contributed by atoms with E-state index in [-0.39, 0.29) is 24.1 Å². The van der Waals surface area contributed by atoms with E-state index in [2.05, 4.69) is 15.3 Å². The third kappa shape index (κ3) is 4.98. The maximum atomic E-state index is 14.5. The largest absolute Gasteiger partial charge is 0.406 e. The summed E-state index contributed by atoms with van der Waals surface area (Å²) in [6.45, 7) is -1.52. The first-order valence-electron chi connectivity index (χ1n) is 11.3. The van der Waals surface area contributed by atoms with Crippen LogP contribution in [-0.2, 0) is 17.6 Å². The average molecular weight is 495 g/mol. The number of alkyl halides is 3. The number of carbonyl (C=O) groups is 1. The first-order valence-corrected chi connectivity index (χ1v) is 11.3. The predicted octanol–water partition coefficient (Wildman–Crippen LogP) is 5.15. The van der Waals surface area contributed by atoms with Crippen LogP contribution < -0.4 is 4.90 Å². The molecule has 1 atom stereocenters. The van der Waals surface area contributed by atoms with Crippen LogP contribution >= 0.6 is 0 Å². The van der Waals surface area contributed by atoms with E-state index < -0.39 is 30.5 Å². The van der Waals surface area contributed by atoms with Crippen molar-refractivity contribution in [3.63, 3.8) is 0 Å². The van der Waals surface area contributed by atoms with Crippen molar-refractivity contribution >= 4 is 11.6 Å². The van der Waals surface area contributed by atoms with E-state index in [1.54, 1.807) is 12.4 Å². The van der Waals surface area contributed by atoms with Crippen molar-refractivity contribution < 1.29 is 22.4 Å². The van der Waals surface area contributed by atoms with Gasteiger partial charge in [-0.2, -0.15) is 13.2 Å². The molecule has 0 bridgehead atoms. The van der Waals surface area contributed by atoms with E-state index in [1.807, 2.05) is 36.4 Å². The van der Waals surface area contributed by atoms with E-state index in [1.165, 1.54) is 29.1 Å². The van der Waals surface area contributed by atoms with Crippen LogP contribution in [0.15, 0.2) is 73.2 Å². The molecule has 1 unspecified atom stereocenters. The summed E-state index contributed by atoms with van der Waals surface area (Å²) in [5.74, 6) is -1.45. The van der Waals surface area contributed by atoms with Gasteiger partial charge in [0.1, 0.15) is 24.1 Å². The van der Waals surface area contributed by atoms with Crippen LogP contribution in [0.1, 0.15) is 29.2 Å². The molecule has 0 saturated heterocycles. The van der Waals surface area contributed by atoms with Crippen molar-refractivity contribution in [2.24, 2.45) is 0 Å². The van der Waals surface area contributed by atoms with Gasteiger partial charge in [0.15, 0.2) is 0 Å². The number of nitrogens with zero attached hydrogens (tertiary/aromatic N) is 5. The van der Waals surface area contributed by atoms with Crippen molar-refractivity contribution in [1.82, 2.24) is 20.0 Å². The topological polar surface area (TPSA) is 63.9 Å². The van der Waals surface area contributed by atoms with Gasteiger partial charge in [-0.3, -0.25) is 9.78 Å². The number of hydrogen-bond acceptors (Lipinski definition) is 4. The average Bonchev–Trinajstić information content (AvgIpc) is 3.29. The molecule has 0 spiro atoms. The molecule has 3 heterocycles. The Hall–Kier alpha value is -4.08. The summed E-state index contributed by atoms with van der Waals surface area (Å²) in [5, 5.41) is 8.19. The van der Waals surface area contributed by atoms with E-state index in [4.69, 9.17) is 0 Å². The Morgan fingerprint density at radius 1 is 1.00 bits per heavy atom. The second kappa shape index (κ2) is 9.52. The maximum Gasteiger partial charge on any atom is 0.406 e. The highest BCUT2D eigenvalue weighted by Gasteiger charge is 2.40.